The number of hydrogen-bond donors (Lipinski definition) is 1. The molecule has 2 aliphatic rings. The highest BCUT2D eigenvalue weighted by Crippen LogP contribution is 2.23. The predicted octanol–water partition coefficient (Wildman–Crippen LogP) is 2.11. The molecule has 2 aliphatic heterocycles. The SMILES string of the molecule is NC1CCCOC1C(=O)N1CCCC(Cc2ccc(F)cc2)C1. The van der Waals surface area contributed by atoms with Crippen molar-refractivity contribution >= 4 is 5.91 Å². The van der Waals surface area contributed by atoms with Crippen molar-refractivity contribution in [1.29, 1.82) is 0 Å². The van der Waals surface area contributed by atoms with Gasteiger partial charge in [0.05, 0.1) is 0 Å². The van der Waals surface area contributed by atoms with Crippen molar-refractivity contribution < 1.29 is 13.9 Å². The fourth-order valence-electron chi connectivity index (χ4n) is 3.62. The summed E-state index contributed by atoms with van der Waals surface area (Å²) in [5.74, 6) is 0.247. The number of nitrogens with zero attached hydrogens (tertiary/aromatic N) is 1. The molecule has 0 spiro atoms. The number of amides is 1. The molecule has 0 aliphatic carbocycles. The van der Waals surface area contributed by atoms with Gasteiger partial charge in [-0.05, 0) is 55.7 Å². The molecule has 3 atom stereocenters. The van der Waals surface area contributed by atoms with E-state index in [2.05, 4.69) is 0 Å². The van der Waals surface area contributed by atoms with Crippen LogP contribution < -0.4 is 5.73 Å². The number of likely N-dealkylation sites (tertiary alicyclic amines) is 1. The molecule has 2 saturated heterocycles. The van der Waals surface area contributed by atoms with E-state index in [4.69, 9.17) is 10.5 Å². The third-order valence-corrected chi connectivity index (χ3v) is 4.88. The zero-order chi connectivity index (χ0) is 16.2. The number of halogens is 1. The maximum atomic E-state index is 13.0. The summed E-state index contributed by atoms with van der Waals surface area (Å²) in [6.07, 6.45) is 4.27. The molecular weight excluding hydrogens is 295 g/mol. The number of ether oxygens (including phenoxy) is 1. The van der Waals surface area contributed by atoms with Crippen LogP contribution in [0.15, 0.2) is 24.3 Å². The molecule has 0 aromatic heterocycles. The Balaban J connectivity index is 1.59. The molecule has 23 heavy (non-hydrogen) atoms. The predicted molar refractivity (Wildman–Crippen MR) is 86.4 cm³/mol. The lowest BCUT2D eigenvalue weighted by Gasteiger charge is -2.37. The van der Waals surface area contributed by atoms with Crippen LogP contribution in [0.1, 0.15) is 31.2 Å². The van der Waals surface area contributed by atoms with Crippen molar-refractivity contribution in [2.45, 2.75) is 44.2 Å². The molecule has 0 saturated carbocycles. The minimum atomic E-state index is -0.478. The van der Waals surface area contributed by atoms with Gasteiger partial charge < -0.3 is 15.4 Å². The van der Waals surface area contributed by atoms with E-state index in [1.165, 1.54) is 12.1 Å². The summed E-state index contributed by atoms with van der Waals surface area (Å²) in [5, 5.41) is 0. The van der Waals surface area contributed by atoms with Crippen LogP contribution in [-0.2, 0) is 16.0 Å². The van der Waals surface area contributed by atoms with Crippen molar-refractivity contribution in [3.05, 3.63) is 35.6 Å². The Hall–Kier alpha value is -1.46. The Bertz CT molecular complexity index is 534. The molecule has 3 unspecified atom stereocenters. The molecule has 3 rings (SSSR count). The fraction of sp³-hybridized carbons (Fsp3) is 0.611. The number of hydrogen-bond acceptors (Lipinski definition) is 3. The van der Waals surface area contributed by atoms with Crippen molar-refractivity contribution in [2.24, 2.45) is 11.7 Å². The van der Waals surface area contributed by atoms with E-state index < -0.39 is 6.10 Å². The Labute approximate surface area is 136 Å². The average molecular weight is 320 g/mol. The molecule has 1 aromatic rings. The summed E-state index contributed by atoms with van der Waals surface area (Å²) in [7, 11) is 0. The van der Waals surface area contributed by atoms with Gasteiger partial charge in [0.15, 0.2) is 6.10 Å². The highest BCUT2D eigenvalue weighted by atomic mass is 19.1. The second-order valence-corrected chi connectivity index (χ2v) is 6.72. The van der Waals surface area contributed by atoms with Crippen LogP contribution in [0.3, 0.4) is 0 Å². The second-order valence-electron chi connectivity index (χ2n) is 6.72. The maximum absolute atomic E-state index is 13.0. The first-order valence-corrected chi connectivity index (χ1v) is 8.54. The largest absolute Gasteiger partial charge is 0.367 e. The Kier molecular flexibility index (Phi) is 5.28. The molecule has 0 radical (unpaired) electrons. The minimum absolute atomic E-state index is 0.0426. The molecular formula is C18H25FN2O2. The molecule has 126 valence electrons. The molecule has 2 fully saturated rings. The lowest BCUT2D eigenvalue weighted by atomic mass is 9.90. The standard InChI is InChI=1S/C18H25FN2O2/c19-15-7-5-13(6-8-15)11-14-3-1-9-21(12-14)18(22)17-16(20)4-2-10-23-17/h5-8,14,16-17H,1-4,9-12,20H2. The number of carbonyl (C=O) groups is 1. The van der Waals surface area contributed by atoms with Crippen molar-refractivity contribution in [2.75, 3.05) is 19.7 Å². The summed E-state index contributed by atoms with van der Waals surface area (Å²) in [6.45, 7) is 2.14. The smallest absolute Gasteiger partial charge is 0.253 e. The first-order valence-electron chi connectivity index (χ1n) is 8.54. The van der Waals surface area contributed by atoms with Crippen LogP contribution in [0.5, 0.6) is 0 Å². The summed E-state index contributed by atoms with van der Waals surface area (Å²) in [5.41, 5.74) is 7.17. The normalized spacial score (nSPS) is 28.6. The van der Waals surface area contributed by atoms with Gasteiger partial charge >= 0.3 is 0 Å². The topological polar surface area (TPSA) is 55.6 Å². The first-order chi connectivity index (χ1) is 11.1. The Morgan fingerprint density at radius 3 is 2.78 bits per heavy atom. The monoisotopic (exact) mass is 320 g/mol. The molecule has 1 amide bonds. The van der Waals surface area contributed by atoms with Gasteiger partial charge in [0, 0.05) is 25.7 Å². The number of nitrogens with two attached hydrogens (primary N) is 1. The van der Waals surface area contributed by atoms with Gasteiger partial charge in [0.1, 0.15) is 5.82 Å². The van der Waals surface area contributed by atoms with Gasteiger partial charge in [-0.1, -0.05) is 12.1 Å². The van der Waals surface area contributed by atoms with Gasteiger partial charge in [0.25, 0.3) is 5.91 Å². The van der Waals surface area contributed by atoms with Gasteiger partial charge in [-0.25, -0.2) is 4.39 Å². The molecule has 0 bridgehead atoms. The third kappa shape index (κ3) is 4.09. The molecule has 2 N–H and O–H groups in total. The van der Waals surface area contributed by atoms with E-state index in [0.29, 0.717) is 12.5 Å². The van der Waals surface area contributed by atoms with Crippen LogP contribution in [-0.4, -0.2) is 42.6 Å². The third-order valence-electron chi connectivity index (χ3n) is 4.88. The maximum Gasteiger partial charge on any atom is 0.253 e. The highest BCUT2D eigenvalue weighted by Gasteiger charge is 2.34. The lowest BCUT2D eigenvalue weighted by Crippen LogP contribution is -2.53. The number of carbonyl (C=O) groups excluding carboxylic acids is 1. The van der Waals surface area contributed by atoms with Gasteiger partial charge in [-0.15, -0.1) is 0 Å². The second kappa shape index (κ2) is 7.41. The minimum Gasteiger partial charge on any atom is -0.367 e. The van der Waals surface area contributed by atoms with Crippen LogP contribution in [0.4, 0.5) is 4.39 Å². The van der Waals surface area contributed by atoms with Gasteiger partial charge in [0.2, 0.25) is 0 Å². The quantitative estimate of drug-likeness (QED) is 0.928. The number of piperidine rings is 1. The van der Waals surface area contributed by atoms with Crippen molar-refractivity contribution in [3.63, 3.8) is 0 Å². The molecule has 4 nitrogen and oxygen atoms in total. The molecule has 5 heteroatoms. The number of rotatable bonds is 3. The average Bonchev–Trinajstić information content (AvgIpc) is 2.57. The lowest BCUT2D eigenvalue weighted by molar-refractivity contribution is -0.149. The summed E-state index contributed by atoms with van der Waals surface area (Å²) >= 11 is 0. The van der Waals surface area contributed by atoms with Gasteiger partial charge in [-0.2, -0.15) is 0 Å². The first kappa shape index (κ1) is 16.4. The van der Waals surface area contributed by atoms with E-state index >= 15 is 0 Å². The molecule has 1 aromatic carbocycles. The van der Waals surface area contributed by atoms with Crippen LogP contribution in [0, 0.1) is 11.7 Å². The van der Waals surface area contributed by atoms with E-state index in [1.807, 2.05) is 17.0 Å². The summed E-state index contributed by atoms with van der Waals surface area (Å²) in [4.78, 5) is 14.6. The van der Waals surface area contributed by atoms with E-state index in [-0.39, 0.29) is 17.8 Å². The van der Waals surface area contributed by atoms with Crippen molar-refractivity contribution in [1.82, 2.24) is 4.90 Å². The van der Waals surface area contributed by atoms with Crippen LogP contribution in [0.25, 0.3) is 0 Å². The zero-order valence-corrected chi connectivity index (χ0v) is 13.4. The fourth-order valence-corrected chi connectivity index (χ4v) is 3.62. The number of benzene rings is 1. The van der Waals surface area contributed by atoms with E-state index in [0.717, 1.165) is 50.8 Å². The Morgan fingerprint density at radius 2 is 2.04 bits per heavy atom. The molecule has 2 heterocycles. The zero-order valence-electron chi connectivity index (χ0n) is 13.4. The summed E-state index contributed by atoms with van der Waals surface area (Å²) < 4.78 is 18.6. The van der Waals surface area contributed by atoms with Crippen LogP contribution >= 0.6 is 0 Å². The Morgan fingerprint density at radius 1 is 1.26 bits per heavy atom. The van der Waals surface area contributed by atoms with Gasteiger partial charge in [-0.3, -0.25) is 4.79 Å². The van der Waals surface area contributed by atoms with E-state index in [1.54, 1.807) is 0 Å². The summed E-state index contributed by atoms with van der Waals surface area (Å²) in [6, 6.07) is 6.46. The van der Waals surface area contributed by atoms with Crippen molar-refractivity contribution in [3.8, 4) is 0 Å². The highest BCUT2D eigenvalue weighted by molar-refractivity contribution is 5.82. The van der Waals surface area contributed by atoms with Crippen LogP contribution in [0.2, 0.25) is 0 Å². The van der Waals surface area contributed by atoms with E-state index in [9.17, 15) is 9.18 Å².